The third-order valence-electron chi connectivity index (χ3n) is 8.02. The lowest BCUT2D eigenvalue weighted by atomic mass is 10.0. The zero-order chi connectivity index (χ0) is 35.5. The van der Waals surface area contributed by atoms with Gasteiger partial charge in [-0.05, 0) is 73.7 Å². The minimum Gasteiger partial charge on any atom is -0.494 e. The fourth-order valence-electron chi connectivity index (χ4n) is 5.21. The van der Waals surface area contributed by atoms with Gasteiger partial charge in [-0.3, -0.25) is 0 Å². The Balaban J connectivity index is 1.45. The zero-order valence-electron chi connectivity index (χ0n) is 28.5. The molecule has 0 N–H and O–H groups in total. The van der Waals surface area contributed by atoms with E-state index >= 15 is 0 Å². The van der Waals surface area contributed by atoms with Crippen molar-refractivity contribution in [2.75, 3.05) is 19.8 Å². The van der Waals surface area contributed by atoms with E-state index in [2.05, 4.69) is 11.7 Å². The molecule has 0 fully saturated rings. The number of carbonyl (C=O) groups is 2. The van der Waals surface area contributed by atoms with E-state index in [0.717, 1.165) is 41.5 Å². The third kappa shape index (κ3) is 14.2. The van der Waals surface area contributed by atoms with Crippen molar-refractivity contribution in [2.24, 2.45) is 0 Å². The van der Waals surface area contributed by atoms with Crippen LogP contribution in [0.2, 0.25) is 0 Å². The number of unbranched alkanes of at least 4 members (excludes halogenated alkanes) is 9. The van der Waals surface area contributed by atoms with Gasteiger partial charge in [0.2, 0.25) is 0 Å². The van der Waals surface area contributed by atoms with Crippen molar-refractivity contribution in [1.82, 2.24) is 0 Å². The van der Waals surface area contributed by atoms with Crippen molar-refractivity contribution >= 4 is 11.9 Å². The summed E-state index contributed by atoms with van der Waals surface area (Å²) >= 11 is 0. The van der Waals surface area contributed by atoms with Gasteiger partial charge in [-0.1, -0.05) is 89.0 Å². The summed E-state index contributed by atoms with van der Waals surface area (Å²) < 4.78 is 75.5. The van der Waals surface area contributed by atoms with E-state index in [1.54, 1.807) is 31.2 Å². The molecule has 0 aliphatic rings. The highest BCUT2D eigenvalue weighted by molar-refractivity contribution is 5.92. The van der Waals surface area contributed by atoms with Crippen LogP contribution in [0.1, 0.15) is 112 Å². The van der Waals surface area contributed by atoms with E-state index in [1.165, 1.54) is 57.8 Å². The molecule has 0 aliphatic heterocycles. The molecule has 0 radical (unpaired) electrons. The Bertz CT molecular complexity index is 1410. The second-order valence-corrected chi connectivity index (χ2v) is 11.9. The van der Waals surface area contributed by atoms with Crippen LogP contribution in [-0.4, -0.2) is 44.0 Å². The number of esters is 2. The molecule has 0 amide bonds. The molecule has 0 saturated carbocycles. The molecule has 268 valence electrons. The highest BCUT2D eigenvalue weighted by Crippen LogP contribution is 2.29. The van der Waals surface area contributed by atoms with Crippen molar-refractivity contribution in [1.29, 1.82) is 0 Å². The number of benzene rings is 3. The van der Waals surface area contributed by atoms with Crippen molar-refractivity contribution in [2.45, 2.75) is 103 Å². The number of halogens is 4. The molecule has 6 nitrogen and oxygen atoms in total. The minimum atomic E-state index is -4.83. The second kappa shape index (κ2) is 21.2. The topological polar surface area (TPSA) is 71.1 Å². The lowest BCUT2D eigenvalue weighted by Gasteiger charge is -2.21. The molecule has 1 atom stereocenters. The largest absolute Gasteiger partial charge is 0.494 e. The molecule has 49 heavy (non-hydrogen) atoms. The average Bonchev–Trinajstić information content (AvgIpc) is 3.08. The predicted molar refractivity (Wildman–Crippen MR) is 182 cm³/mol. The van der Waals surface area contributed by atoms with Crippen LogP contribution in [0.3, 0.4) is 0 Å². The van der Waals surface area contributed by atoms with Crippen LogP contribution in [0.15, 0.2) is 66.7 Å². The maximum absolute atomic E-state index is 14.7. The quantitative estimate of drug-likeness (QED) is 0.0453. The fraction of sp³-hybridized carbons (Fsp3) is 0.487. The molecule has 0 aromatic heterocycles. The fourth-order valence-corrected chi connectivity index (χ4v) is 5.21. The van der Waals surface area contributed by atoms with Gasteiger partial charge in [0.1, 0.15) is 17.3 Å². The molecule has 0 bridgehead atoms. The number of alkyl halides is 3. The van der Waals surface area contributed by atoms with E-state index in [-0.39, 0.29) is 24.3 Å². The normalized spacial score (nSPS) is 12.0. The maximum Gasteiger partial charge on any atom is 0.425 e. The Labute approximate surface area is 287 Å². The Morgan fingerprint density at radius 1 is 0.673 bits per heavy atom. The van der Waals surface area contributed by atoms with Gasteiger partial charge in [0.25, 0.3) is 0 Å². The molecular weight excluding hydrogens is 640 g/mol. The lowest BCUT2D eigenvalue weighted by Crippen LogP contribution is -2.34. The number of hydrogen-bond acceptors (Lipinski definition) is 6. The van der Waals surface area contributed by atoms with Crippen LogP contribution in [-0.2, 0) is 9.47 Å². The first-order valence-corrected chi connectivity index (χ1v) is 17.3. The van der Waals surface area contributed by atoms with E-state index in [1.807, 2.05) is 24.3 Å². The Hall–Kier alpha value is -3.92. The molecule has 3 aromatic carbocycles. The van der Waals surface area contributed by atoms with Gasteiger partial charge in [0.05, 0.1) is 17.7 Å². The van der Waals surface area contributed by atoms with Gasteiger partial charge in [-0.25, -0.2) is 14.0 Å². The van der Waals surface area contributed by atoms with Gasteiger partial charge in [0, 0.05) is 19.3 Å². The Morgan fingerprint density at radius 2 is 1.24 bits per heavy atom. The molecular formula is C39H48F4O6. The summed E-state index contributed by atoms with van der Waals surface area (Å²) in [5.41, 5.74) is 1.28. The summed E-state index contributed by atoms with van der Waals surface area (Å²) in [6.45, 7) is 5.03. The third-order valence-corrected chi connectivity index (χ3v) is 8.02. The van der Waals surface area contributed by atoms with Crippen molar-refractivity contribution in [3.63, 3.8) is 0 Å². The monoisotopic (exact) mass is 688 g/mol. The molecule has 0 heterocycles. The van der Waals surface area contributed by atoms with Gasteiger partial charge in [-0.2, -0.15) is 13.2 Å². The van der Waals surface area contributed by atoms with Crippen LogP contribution in [0.25, 0.3) is 11.1 Å². The summed E-state index contributed by atoms with van der Waals surface area (Å²) in [6.07, 6.45) is 4.94. The highest BCUT2D eigenvalue weighted by Gasteiger charge is 2.42. The molecule has 0 aliphatic carbocycles. The second-order valence-electron chi connectivity index (χ2n) is 11.9. The van der Waals surface area contributed by atoms with E-state index in [9.17, 15) is 27.2 Å². The first-order chi connectivity index (χ1) is 23.6. The average molecular weight is 689 g/mol. The lowest BCUT2D eigenvalue weighted by molar-refractivity contribution is -0.206. The summed E-state index contributed by atoms with van der Waals surface area (Å²) in [5, 5.41) is 0. The van der Waals surface area contributed by atoms with Gasteiger partial charge in [0.15, 0.2) is 6.10 Å². The SMILES string of the molecule is CCCCCCCCCCCCOc1ccc(-c2ccc(C(=O)Oc3ccc(C(=O)OC(CCCOCC)C(F)(F)F)c(F)c3)cc2)cc1. The number of ether oxygens (including phenoxy) is 4. The van der Waals surface area contributed by atoms with Gasteiger partial charge < -0.3 is 18.9 Å². The van der Waals surface area contributed by atoms with Crippen LogP contribution in [0, 0.1) is 5.82 Å². The molecule has 3 rings (SSSR count). The zero-order valence-corrected chi connectivity index (χ0v) is 28.5. The van der Waals surface area contributed by atoms with Crippen LogP contribution in [0.4, 0.5) is 17.6 Å². The molecule has 1 unspecified atom stereocenters. The maximum atomic E-state index is 14.7. The molecule has 10 heteroatoms. The predicted octanol–water partition coefficient (Wildman–Crippen LogP) is 10.9. The van der Waals surface area contributed by atoms with Crippen molar-refractivity contribution in [3.05, 3.63) is 83.7 Å². The first kappa shape index (κ1) is 39.5. The summed E-state index contributed by atoms with van der Waals surface area (Å²) in [6, 6.07) is 17.1. The minimum absolute atomic E-state index is 0.00436. The van der Waals surface area contributed by atoms with Crippen molar-refractivity contribution < 1.29 is 46.1 Å². The first-order valence-electron chi connectivity index (χ1n) is 17.3. The standard InChI is InChI=1S/C39H48F4O6/c1-3-5-6-7-8-9-10-11-12-13-27-47-32-22-20-30(21-23-32)29-16-18-31(19-17-29)37(44)48-33-24-25-34(35(40)28-33)38(45)49-36(39(41,42)43)15-14-26-46-4-2/h16-25,28,36H,3-15,26-27H2,1-2H3. The number of rotatable bonds is 22. The van der Waals surface area contributed by atoms with Crippen LogP contribution >= 0.6 is 0 Å². The summed E-state index contributed by atoms with van der Waals surface area (Å²) in [7, 11) is 0. The van der Waals surface area contributed by atoms with E-state index in [0.29, 0.717) is 13.2 Å². The van der Waals surface area contributed by atoms with Gasteiger partial charge >= 0.3 is 18.1 Å². The molecule has 0 spiro atoms. The van der Waals surface area contributed by atoms with Crippen molar-refractivity contribution in [3.8, 4) is 22.6 Å². The summed E-state index contributed by atoms with van der Waals surface area (Å²) in [5.74, 6) is -2.86. The van der Waals surface area contributed by atoms with E-state index in [4.69, 9.17) is 14.2 Å². The Morgan fingerprint density at radius 3 is 1.82 bits per heavy atom. The number of carbonyl (C=O) groups excluding carboxylic acids is 2. The van der Waals surface area contributed by atoms with Crippen LogP contribution in [0.5, 0.6) is 11.5 Å². The Kier molecular flexibility index (Phi) is 17.1. The number of hydrogen-bond donors (Lipinski definition) is 0. The van der Waals surface area contributed by atoms with Gasteiger partial charge in [-0.15, -0.1) is 0 Å². The van der Waals surface area contributed by atoms with Crippen LogP contribution < -0.4 is 9.47 Å². The van der Waals surface area contributed by atoms with E-state index < -0.39 is 42.0 Å². The smallest absolute Gasteiger partial charge is 0.425 e. The molecule has 3 aromatic rings. The highest BCUT2D eigenvalue weighted by atomic mass is 19.4. The summed E-state index contributed by atoms with van der Waals surface area (Å²) in [4.78, 5) is 25.1. The molecule has 0 saturated heterocycles.